The molecule has 2 rings (SSSR count). The number of pyridine rings is 1. The van der Waals surface area contributed by atoms with E-state index in [9.17, 15) is 5.11 Å². The largest absolute Gasteiger partial charge is 0.387 e. The maximum absolute atomic E-state index is 10.3. The Morgan fingerprint density at radius 1 is 1.33 bits per heavy atom. The topological polar surface area (TPSA) is 56.9 Å². The molecule has 3 heteroatoms. The monoisotopic (exact) mass is 240 g/mol. The second kappa shape index (κ2) is 5.61. The van der Waals surface area contributed by atoms with Gasteiger partial charge >= 0.3 is 0 Å². The highest BCUT2D eigenvalue weighted by molar-refractivity contribution is 5.84. The molecule has 0 saturated carbocycles. The smallest absolute Gasteiger partial charge is 0.0968 e. The van der Waals surface area contributed by atoms with Gasteiger partial charge in [-0.25, -0.2) is 0 Å². The molecule has 0 spiro atoms. The third-order valence-corrected chi connectivity index (χ3v) is 3.16. The highest BCUT2D eigenvalue weighted by Crippen LogP contribution is 2.30. The summed E-state index contributed by atoms with van der Waals surface area (Å²) in [6.07, 6.45) is 4.24. The Balaban J connectivity index is 2.44. The van der Waals surface area contributed by atoms with E-state index in [1.807, 2.05) is 31.2 Å². The third-order valence-electron chi connectivity index (χ3n) is 3.16. The number of fused-ring (bicyclic) bond motifs is 1. The molecule has 1 heterocycles. The summed E-state index contributed by atoms with van der Waals surface area (Å²) in [5, 5.41) is 21.4. The summed E-state index contributed by atoms with van der Waals surface area (Å²) in [5.74, 6) is -0.373. The van der Waals surface area contributed by atoms with Gasteiger partial charge in [0.1, 0.15) is 0 Å². The number of rotatable bonds is 4. The van der Waals surface area contributed by atoms with Crippen molar-refractivity contribution in [1.29, 1.82) is 5.26 Å². The SMILES string of the molecule is CCCC(C#N)C(O)c1cncc2ccccc12. The first kappa shape index (κ1) is 12.5. The van der Waals surface area contributed by atoms with Crippen molar-refractivity contribution in [3.63, 3.8) is 0 Å². The molecule has 92 valence electrons. The second-order valence-corrected chi connectivity index (χ2v) is 4.42. The molecule has 1 N–H and O–H groups in total. The summed E-state index contributed by atoms with van der Waals surface area (Å²) in [5.41, 5.74) is 0.744. The average molecular weight is 240 g/mol. The minimum absolute atomic E-state index is 0.373. The van der Waals surface area contributed by atoms with Gasteiger partial charge < -0.3 is 5.11 Å². The lowest BCUT2D eigenvalue weighted by atomic mass is 9.91. The van der Waals surface area contributed by atoms with E-state index in [1.54, 1.807) is 12.4 Å². The third kappa shape index (κ3) is 2.34. The molecule has 0 radical (unpaired) electrons. The molecule has 1 aromatic carbocycles. The van der Waals surface area contributed by atoms with Crippen LogP contribution >= 0.6 is 0 Å². The fourth-order valence-electron chi connectivity index (χ4n) is 2.20. The van der Waals surface area contributed by atoms with Crippen molar-refractivity contribution in [2.24, 2.45) is 5.92 Å². The van der Waals surface area contributed by atoms with Crippen molar-refractivity contribution < 1.29 is 5.11 Å². The van der Waals surface area contributed by atoms with Gasteiger partial charge in [0.05, 0.1) is 18.1 Å². The van der Waals surface area contributed by atoms with Crippen LogP contribution in [0.15, 0.2) is 36.7 Å². The van der Waals surface area contributed by atoms with E-state index >= 15 is 0 Å². The van der Waals surface area contributed by atoms with Crippen molar-refractivity contribution in [3.05, 3.63) is 42.2 Å². The predicted octanol–water partition coefficient (Wildman–Crippen LogP) is 3.21. The zero-order valence-corrected chi connectivity index (χ0v) is 10.4. The number of aromatic nitrogens is 1. The van der Waals surface area contributed by atoms with Crippen LogP contribution in [-0.2, 0) is 0 Å². The normalized spacial score (nSPS) is 14.1. The molecule has 3 nitrogen and oxygen atoms in total. The minimum atomic E-state index is -0.770. The van der Waals surface area contributed by atoms with E-state index in [0.29, 0.717) is 6.42 Å². The van der Waals surface area contributed by atoms with E-state index in [0.717, 1.165) is 22.8 Å². The molecule has 18 heavy (non-hydrogen) atoms. The van der Waals surface area contributed by atoms with E-state index in [1.165, 1.54) is 0 Å². The number of hydrogen-bond donors (Lipinski definition) is 1. The fraction of sp³-hybridized carbons (Fsp3) is 0.333. The van der Waals surface area contributed by atoms with Gasteiger partial charge in [0.15, 0.2) is 0 Å². The Bertz CT molecular complexity index is 569. The number of benzene rings is 1. The van der Waals surface area contributed by atoms with E-state index in [-0.39, 0.29) is 5.92 Å². The van der Waals surface area contributed by atoms with Gasteiger partial charge in [0.2, 0.25) is 0 Å². The second-order valence-electron chi connectivity index (χ2n) is 4.42. The lowest BCUT2D eigenvalue weighted by Gasteiger charge is -2.17. The van der Waals surface area contributed by atoms with Gasteiger partial charge in [-0.2, -0.15) is 5.26 Å². The van der Waals surface area contributed by atoms with Crippen LogP contribution < -0.4 is 0 Å². The first-order valence-corrected chi connectivity index (χ1v) is 6.18. The number of nitrogens with zero attached hydrogens (tertiary/aromatic N) is 2. The Morgan fingerprint density at radius 3 is 2.83 bits per heavy atom. The molecule has 0 aliphatic heterocycles. The highest BCUT2D eigenvalue weighted by Gasteiger charge is 2.21. The van der Waals surface area contributed by atoms with Gasteiger partial charge in [-0.3, -0.25) is 4.98 Å². The standard InChI is InChI=1S/C15H16N2O/c1-2-5-11(8-16)15(18)14-10-17-9-12-6-3-4-7-13(12)14/h3-4,6-7,9-11,15,18H,2,5H2,1H3. The van der Waals surface area contributed by atoms with E-state index in [2.05, 4.69) is 11.1 Å². The first-order valence-electron chi connectivity index (χ1n) is 6.18. The minimum Gasteiger partial charge on any atom is -0.387 e. The van der Waals surface area contributed by atoms with Crippen molar-refractivity contribution in [1.82, 2.24) is 4.98 Å². The maximum atomic E-state index is 10.3. The van der Waals surface area contributed by atoms with Gasteiger partial charge in [-0.15, -0.1) is 0 Å². The molecular weight excluding hydrogens is 224 g/mol. The molecule has 2 aromatic rings. The number of hydrogen-bond acceptors (Lipinski definition) is 3. The van der Waals surface area contributed by atoms with Crippen LogP contribution in [-0.4, -0.2) is 10.1 Å². The molecule has 2 atom stereocenters. The summed E-state index contributed by atoms with van der Waals surface area (Å²) in [7, 11) is 0. The lowest BCUT2D eigenvalue weighted by molar-refractivity contribution is 0.131. The van der Waals surface area contributed by atoms with Gasteiger partial charge in [0, 0.05) is 23.3 Å². The highest BCUT2D eigenvalue weighted by atomic mass is 16.3. The zero-order valence-electron chi connectivity index (χ0n) is 10.4. The van der Waals surface area contributed by atoms with E-state index < -0.39 is 6.10 Å². The molecule has 0 amide bonds. The number of aliphatic hydroxyl groups excluding tert-OH is 1. The summed E-state index contributed by atoms with van der Waals surface area (Å²) in [6.45, 7) is 2.01. The molecule has 1 aromatic heterocycles. The first-order chi connectivity index (χ1) is 8.77. The molecule has 0 aliphatic rings. The molecule has 0 bridgehead atoms. The van der Waals surface area contributed by atoms with Crippen LogP contribution in [0.25, 0.3) is 10.8 Å². The Labute approximate surface area is 107 Å². The average Bonchev–Trinajstić information content (AvgIpc) is 2.43. The summed E-state index contributed by atoms with van der Waals surface area (Å²) < 4.78 is 0. The summed E-state index contributed by atoms with van der Waals surface area (Å²) >= 11 is 0. The summed E-state index contributed by atoms with van der Waals surface area (Å²) in [4.78, 5) is 4.14. The van der Waals surface area contributed by atoms with Crippen molar-refractivity contribution in [3.8, 4) is 6.07 Å². The van der Waals surface area contributed by atoms with Crippen molar-refractivity contribution in [2.45, 2.75) is 25.9 Å². The lowest BCUT2D eigenvalue weighted by Crippen LogP contribution is -2.11. The Hall–Kier alpha value is -1.92. The van der Waals surface area contributed by atoms with Crippen molar-refractivity contribution >= 4 is 10.8 Å². The Kier molecular flexibility index (Phi) is 3.91. The zero-order chi connectivity index (χ0) is 13.0. The molecule has 0 saturated heterocycles. The molecular formula is C15H16N2O. The van der Waals surface area contributed by atoms with E-state index in [4.69, 9.17) is 5.26 Å². The van der Waals surface area contributed by atoms with Gasteiger partial charge in [-0.05, 0) is 11.8 Å². The van der Waals surface area contributed by atoms with Crippen LogP contribution in [0.1, 0.15) is 31.4 Å². The number of aliphatic hydroxyl groups is 1. The molecule has 2 unspecified atom stereocenters. The van der Waals surface area contributed by atoms with Crippen molar-refractivity contribution in [2.75, 3.05) is 0 Å². The van der Waals surface area contributed by atoms with Crippen LogP contribution in [0.5, 0.6) is 0 Å². The van der Waals surface area contributed by atoms with Crippen LogP contribution in [0.3, 0.4) is 0 Å². The summed E-state index contributed by atoms with van der Waals surface area (Å²) in [6, 6.07) is 9.97. The van der Waals surface area contributed by atoms with Crippen LogP contribution in [0.2, 0.25) is 0 Å². The molecule has 0 aliphatic carbocycles. The van der Waals surface area contributed by atoms with Gasteiger partial charge in [-0.1, -0.05) is 37.6 Å². The van der Waals surface area contributed by atoms with Gasteiger partial charge in [0.25, 0.3) is 0 Å². The Morgan fingerprint density at radius 2 is 2.11 bits per heavy atom. The fourth-order valence-corrected chi connectivity index (χ4v) is 2.20. The quantitative estimate of drug-likeness (QED) is 0.892. The van der Waals surface area contributed by atoms with Crippen LogP contribution in [0, 0.1) is 17.2 Å². The molecule has 0 fully saturated rings. The van der Waals surface area contributed by atoms with Crippen LogP contribution in [0.4, 0.5) is 0 Å². The maximum Gasteiger partial charge on any atom is 0.0968 e. The predicted molar refractivity (Wildman–Crippen MR) is 70.7 cm³/mol. The number of nitriles is 1.